The SMILES string of the molecule is Cl.NC1C2CCCC1CC(C(=O)N1CCc3cc(F)c(F)cc31)C2. The van der Waals surface area contributed by atoms with Crippen molar-refractivity contribution in [2.75, 3.05) is 11.4 Å². The van der Waals surface area contributed by atoms with Gasteiger partial charge in [-0.15, -0.1) is 12.4 Å². The molecule has 1 heterocycles. The zero-order chi connectivity index (χ0) is 16.1. The Morgan fingerprint density at radius 1 is 1.12 bits per heavy atom. The second-order valence-corrected chi connectivity index (χ2v) is 7.33. The first kappa shape index (κ1) is 17.6. The van der Waals surface area contributed by atoms with E-state index in [1.165, 1.54) is 18.6 Å². The van der Waals surface area contributed by atoms with Gasteiger partial charge in [-0.25, -0.2) is 8.78 Å². The van der Waals surface area contributed by atoms with E-state index in [2.05, 4.69) is 0 Å². The highest BCUT2D eigenvalue weighted by molar-refractivity contribution is 5.97. The van der Waals surface area contributed by atoms with Crippen molar-refractivity contribution in [3.05, 3.63) is 29.3 Å². The number of rotatable bonds is 1. The maximum absolute atomic E-state index is 13.6. The van der Waals surface area contributed by atoms with Gasteiger partial charge in [0.1, 0.15) is 0 Å². The first-order chi connectivity index (χ1) is 11.0. The predicted octanol–water partition coefficient (Wildman–Crippen LogP) is 3.43. The first-order valence-corrected chi connectivity index (χ1v) is 8.59. The van der Waals surface area contributed by atoms with Crippen LogP contribution in [0.15, 0.2) is 12.1 Å². The predicted molar refractivity (Wildman–Crippen MR) is 91.2 cm³/mol. The van der Waals surface area contributed by atoms with Gasteiger partial charge in [0.25, 0.3) is 0 Å². The Balaban J connectivity index is 0.00000169. The summed E-state index contributed by atoms with van der Waals surface area (Å²) in [6.07, 6.45) is 5.70. The number of halogens is 3. The quantitative estimate of drug-likeness (QED) is 0.838. The van der Waals surface area contributed by atoms with Crippen molar-refractivity contribution in [2.45, 2.75) is 44.6 Å². The van der Waals surface area contributed by atoms with Crippen LogP contribution in [0.3, 0.4) is 0 Å². The Morgan fingerprint density at radius 2 is 1.75 bits per heavy atom. The number of carbonyl (C=O) groups is 1. The molecule has 6 heteroatoms. The van der Waals surface area contributed by atoms with Crippen molar-refractivity contribution in [2.24, 2.45) is 23.5 Å². The van der Waals surface area contributed by atoms with E-state index in [1.54, 1.807) is 4.90 Å². The second-order valence-electron chi connectivity index (χ2n) is 7.33. The molecule has 0 saturated heterocycles. The van der Waals surface area contributed by atoms with Gasteiger partial charge in [0, 0.05) is 24.6 Å². The van der Waals surface area contributed by atoms with Crippen LogP contribution in [0.5, 0.6) is 0 Å². The minimum Gasteiger partial charge on any atom is -0.327 e. The van der Waals surface area contributed by atoms with E-state index in [9.17, 15) is 13.6 Å². The molecule has 0 aromatic heterocycles. The van der Waals surface area contributed by atoms with E-state index in [4.69, 9.17) is 5.73 Å². The summed E-state index contributed by atoms with van der Waals surface area (Å²) in [6.45, 7) is 0.523. The molecule has 2 aliphatic carbocycles. The molecule has 4 rings (SSSR count). The molecule has 1 aliphatic heterocycles. The summed E-state index contributed by atoms with van der Waals surface area (Å²) in [5.74, 6) is -0.808. The number of hydrogen-bond acceptors (Lipinski definition) is 2. The molecular formula is C18H23ClF2N2O. The van der Waals surface area contributed by atoms with E-state index in [0.717, 1.165) is 31.2 Å². The Labute approximate surface area is 147 Å². The Hall–Kier alpha value is -1.20. The fraction of sp³-hybridized carbons (Fsp3) is 0.611. The molecule has 2 unspecified atom stereocenters. The van der Waals surface area contributed by atoms with Crippen molar-refractivity contribution in [3.8, 4) is 0 Å². The van der Waals surface area contributed by atoms with E-state index in [-0.39, 0.29) is 30.3 Å². The van der Waals surface area contributed by atoms with E-state index in [0.29, 0.717) is 30.5 Å². The number of nitrogens with zero attached hydrogens (tertiary/aromatic N) is 1. The van der Waals surface area contributed by atoms with E-state index < -0.39 is 11.6 Å². The number of amides is 1. The minimum absolute atomic E-state index is 0. The zero-order valence-corrected chi connectivity index (χ0v) is 14.3. The molecular weight excluding hydrogens is 334 g/mol. The van der Waals surface area contributed by atoms with E-state index in [1.807, 2.05) is 0 Å². The maximum Gasteiger partial charge on any atom is 0.230 e. The summed E-state index contributed by atoms with van der Waals surface area (Å²) in [6, 6.07) is 2.62. The van der Waals surface area contributed by atoms with Crippen LogP contribution in [0.2, 0.25) is 0 Å². The molecule has 132 valence electrons. The number of anilines is 1. The summed E-state index contributed by atoms with van der Waals surface area (Å²) < 4.78 is 26.9. The highest BCUT2D eigenvalue weighted by Gasteiger charge is 2.42. The average molecular weight is 357 g/mol. The van der Waals surface area contributed by atoms with Crippen LogP contribution in [0, 0.1) is 29.4 Å². The van der Waals surface area contributed by atoms with Gasteiger partial charge in [-0.05, 0) is 55.6 Å². The third kappa shape index (κ3) is 2.82. The summed E-state index contributed by atoms with van der Waals surface area (Å²) in [5, 5.41) is 0. The van der Waals surface area contributed by atoms with Crippen LogP contribution in [0.1, 0.15) is 37.7 Å². The van der Waals surface area contributed by atoms with Gasteiger partial charge in [0.2, 0.25) is 5.91 Å². The van der Waals surface area contributed by atoms with Gasteiger partial charge < -0.3 is 10.6 Å². The van der Waals surface area contributed by atoms with Crippen molar-refractivity contribution in [3.63, 3.8) is 0 Å². The molecule has 1 amide bonds. The van der Waals surface area contributed by atoms with Gasteiger partial charge in [-0.3, -0.25) is 4.79 Å². The molecule has 0 spiro atoms. The number of hydrogen-bond donors (Lipinski definition) is 1. The van der Waals surface area contributed by atoms with E-state index >= 15 is 0 Å². The first-order valence-electron chi connectivity index (χ1n) is 8.59. The summed E-state index contributed by atoms with van der Waals surface area (Å²) in [5.41, 5.74) is 7.57. The summed E-state index contributed by atoms with van der Waals surface area (Å²) >= 11 is 0. The zero-order valence-electron chi connectivity index (χ0n) is 13.5. The molecule has 3 nitrogen and oxygen atoms in total. The lowest BCUT2D eigenvalue weighted by Crippen LogP contribution is -2.49. The van der Waals surface area contributed by atoms with Crippen LogP contribution in [-0.2, 0) is 11.2 Å². The molecule has 2 saturated carbocycles. The monoisotopic (exact) mass is 356 g/mol. The molecule has 2 N–H and O–H groups in total. The highest BCUT2D eigenvalue weighted by atomic mass is 35.5. The lowest BCUT2D eigenvalue weighted by molar-refractivity contribution is -0.125. The Morgan fingerprint density at radius 3 is 2.42 bits per heavy atom. The number of nitrogens with two attached hydrogens (primary N) is 1. The van der Waals surface area contributed by atoms with Gasteiger partial charge >= 0.3 is 0 Å². The van der Waals surface area contributed by atoms with Crippen LogP contribution < -0.4 is 10.6 Å². The fourth-order valence-electron chi connectivity index (χ4n) is 4.82. The summed E-state index contributed by atoms with van der Waals surface area (Å²) in [7, 11) is 0. The van der Waals surface area contributed by atoms with Crippen molar-refractivity contribution < 1.29 is 13.6 Å². The number of carbonyl (C=O) groups excluding carboxylic acids is 1. The lowest BCUT2D eigenvalue weighted by Gasteiger charge is -2.44. The summed E-state index contributed by atoms with van der Waals surface area (Å²) in [4.78, 5) is 14.6. The van der Waals surface area contributed by atoms with Crippen LogP contribution >= 0.6 is 12.4 Å². The largest absolute Gasteiger partial charge is 0.327 e. The van der Waals surface area contributed by atoms with Crippen molar-refractivity contribution in [1.29, 1.82) is 0 Å². The van der Waals surface area contributed by atoms with Gasteiger partial charge in [-0.1, -0.05) is 6.42 Å². The molecule has 2 bridgehead atoms. The number of fused-ring (bicyclic) bond motifs is 3. The maximum atomic E-state index is 13.6. The molecule has 2 fully saturated rings. The number of benzene rings is 1. The average Bonchev–Trinajstić information content (AvgIpc) is 2.89. The molecule has 1 aromatic carbocycles. The van der Waals surface area contributed by atoms with Crippen molar-refractivity contribution >= 4 is 24.0 Å². The normalized spacial score (nSPS) is 31.4. The standard InChI is InChI=1S/C18H22F2N2O.ClH/c19-14-8-10-4-5-22(16(10)9-15(14)20)18(23)13-6-11-2-1-3-12(7-13)17(11)21;/h8-9,11-13,17H,1-7,21H2;1H. The van der Waals surface area contributed by atoms with Crippen LogP contribution in [0.25, 0.3) is 0 Å². The molecule has 3 aliphatic rings. The van der Waals surface area contributed by atoms with Crippen LogP contribution in [-0.4, -0.2) is 18.5 Å². The van der Waals surface area contributed by atoms with Crippen molar-refractivity contribution in [1.82, 2.24) is 0 Å². The van der Waals surface area contributed by atoms with Gasteiger partial charge in [0.15, 0.2) is 11.6 Å². The smallest absolute Gasteiger partial charge is 0.230 e. The topological polar surface area (TPSA) is 46.3 Å². The fourth-order valence-corrected chi connectivity index (χ4v) is 4.82. The lowest BCUT2D eigenvalue weighted by atomic mass is 9.65. The van der Waals surface area contributed by atoms with Gasteiger partial charge in [0.05, 0.1) is 5.69 Å². The third-order valence-corrected chi connectivity index (χ3v) is 6.05. The van der Waals surface area contributed by atoms with Crippen LogP contribution in [0.4, 0.5) is 14.5 Å². The molecule has 24 heavy (non-hydrogen) atoms. The molecule has 2 atom stereocenters. The van der Waals surface area contributed by atoms with Gasteiger partial charge in [-0.2, -0.15) is 0 Å². The Kier molecular flexibility index (Phi) is 4.85. The molecule has 0 radical (unpaired) electrons. The molecule has 1 aromatic rings. The third-order valence-electron chi connectivity index (χ3n) is 6.05. The second kappa shape index (κ2) is 6.60. The minimum atomic E-state index is -0.883. The Bertz CT molecular complexity index is 640. The highest BCUT2D eigenvalue weighted by Crippen LogP contribution is 2.43.